The number of hydrogen-bond donors (Lipinski definition) is 2. The summed E-state index contributed by atoms with van der Waals surface area (Å²) >= 11 is 1.16. The predicted octanol–water partition coefficient (Wildman–Crippen LogP) is 2.62. The second kappa shape index (κ2) is 5.15. The van der Waals surface area contributed by atoms with Crippen molar-refractivity contribution in [1.29, 1.82) is 5.26 Å². The van der Waals surface area contributed by atoms with Gasteiger partial charge in [0.15, 0.2) is 0 Å². The number of nitriles is 1. The molecule has 0 saturated carbocycles. The van der Waals surface area contributed by atoms with E-state index >= 15 is 0 Å². The van der Waals surface area contributed by atoms with Gasteiger partial charge in [-0.05, 0) is 36.4 Å². The van der Waals surface area contributed by atoms with Crippen LogP contribution < -0.4 is 10.5 Å². The molecule has 1 aromatic carbocycles. The van der Waals surface area contributed by atoms with E-state index in [9.17, 15) is 8.42 Å². The molecule has 0 aliphatic heterocycles. The Morgan fingerprint density at radius 3 is 2.55 bits per heavy atom. The Hall–Kier alpha value is -2.04. The topological polar surface area (TPSA) is 96.0 Å². The van der Waals surface area contributed by atoms with Crippen molar-refractivity contribution in [2.75, 3.05) is 10.5 Å². The van der Waals surface area contributed by atoms with Crippen molar-refractivity contribution in [3.05, 3.63) is 40.3 Å². The average molecular weight is 307 g/mol. The van der Waals surface area contributed by atoms with Crippen molar-refractivity contribution in [3.63, 3.8) is 0 Å². The highest BCUT2D eigenvalue weighted by Gasteiger charge is 2.22. The monoisotopic (exact) mass is 307 g/mol. The number of thiophene rings is 1. The molecule has 1 heterocycles. The molecule has 7 heteroatoms. The maximum Gasteiger partial charge on any atom is 0.264 e. The van der Waals surface area contributed by atoms with Crippen molar-refractivity contribution < 1.29 is 8.42 Å². The highest BCUT2D eigenvalue weighted by atomic mass is 32.2. The zero-order valence-electron chi connectivity index (χ0n) is 11.0. The summed E-state index contributed by atoms with van der Waals surface area (Å²) in [6.07, 6.45) is 0. The fourth-order valence-corrected chi connectivity index (χ4v) is 4.31. The van der Waals surface area contributed by atoms with Gasteiger partial charge in [0.2, 0.25) is 0 Å². The van der Waals surface area contributed by atoms with Gasteiger partial charge in [-0.2, -0.15) is 5.26 Å². The van der Waals surface area contributed by atoms with Crippen LogP contribution >= 0.6 is 11.3 Å². The summed E-state index contributed by atoms with van der Waals surface area (Å²) in [6.45, 7) is 3.43. The molecule has 0 aliphatic carbocycles. The number of nitrogen functional groups attached to an aromatic ring is 1. The Bertz CT molecular complexity index is 802. The normalized spacial score (nSPS) is 11.1. The fourth-order valence-electron chi connectivity index (χ4n) is 1.81. The van der Waals surface area contributed by atoms with Gasteiger partial charge >= 0.3 is 0 Å². The van der Waals surface area contributed by atoms with Gasteiger partial charge in [0.05, 0.1) is 11.3 Å². The Labute approximate surface area is 121 Å². The van der Waals surface area contributed by atoms with Gasteiger partial charge in [0, 0.05) is 0 Å². The minimum atomic E-state index is -3.82. The first-order valence-electron chi connectivity index (χ1n) is 5.73. The van der Waals surface area contributed by atoms with Crippen LogP contribution in [0.5, 0.6) is 0 Å². The van der Waals surface area contributed by atoms with Crippen LogP contribution in [0.15, 0.2) is 28.5 Å². The molecule has 0 atom stereocenters. The largest absolute Gasteiger partial charge is 0.397 e. The molecule has 0 radical (unpaired) electrons. The highest BCUT2D eigenvalue weighted by Crippen LogP contribution is 2.30. The van der Waals surface area contributed by atoms with Crippen molar-refractivity contribution in [2.24, 2.45) is 0 Å². The second-order valence-electron chi connectivity index (χ2n) is 4.32. The van der Waals surface area contributed by atoms with Gasteiger partial charge in [-0.1, -0.05) is 12.1 Å². The number of nitrogens with zero attached hydrogens (tertiary/aromatic N) is 1. The van der Waals surface area contributed by atoms with E-state index < -0.39 is 10.0 Å². The summed E-state index contributed by atoms with van der Waals surface area (Å²) in [5.41, 5.74) is 7.67. The smallest absolute Gasteiger partial charge is 0.264 e. The molecule has 104 valence electrons. The van der Waals surface area contributed by atoms with Crippen molar-refractivity contribution >= 4 is 32.0 Å². The Kier molecular flexibility index (Phi) is 3.70. The maximum absolute atomic E-state index is 12.5. The van der Waals surface area contributed by atoms with E-state index in [0.717, 1.165) is 11.3 Å². The Morgan fingerprint density at radius 1 is 1.25 bits per heavy atom. The molecule has 0 spiro atoms. The van der Waals surface area contributed by atoms with Crippen LogP contribution in [0.25, 0.3) is 0 Å². The minimum Gasteiger partial charge on any atom is -0.397 e. The number of benzene rings is 1. The Balaban J connectivity index is 2.53. The molecule has 1 aromatic heterocycles. The van der Waals surface area contributed by atoms with E-state index in [1.807, 2.05) is 6.07 Å². The molecule has 5 nitrogen and oxygen atoms in total. The number of aryl methyl sites for hydroxylation is 2. The van der Waals surface area contributed by atoms with Gasteiger partial charge < -0.3 is 5.73 Å². The summed E-state index contributed by atoms with van der Waals surface area (Å²) < 4.78 is 27.4. The molecule has 2 aromatic rings. The zero-order chi connectivity index (χ0) is 14.9. The van der Waals surface area contributed by atoms with E-state index in [1.165, 1.54) is 0 Å². The number of nitrogens with two attached hydrogens (primary N) is 1. The van der Waals surface area contributed by atoms with Crippen molar-refractivity contribution in [1.82, 2.24) is 0 Å². The number of rotatable bonds is 3. The SMILES string of the molecule is Cc1ccc(C)c(S(=O)(=O)Nc2sccc2C#N)c1N. The van der Waals surface area contributed by atoms with Crippen LogP contribution in [-0.2, 0) is 10.0 Å². The average Bonchev–Trinajstić information content (AvgIpc) is 2.80. The molecule has 0 fully saturated rings. The summed E-state index contributed by atoms with van der Waals surface area (Å²) in [7, 11) is -3.82. The van der Waals surface area contributed by atoms with Gasteiger partial charge in [-0.3, -0.25) is 4.72 Å². The Morgan fingerprint density at radius 2 is 1.90 bits per heavy atom. The molecular weight excluding hydrogens is 294 g/mol. The maximum atomic E-state index is 12.5. The number of anilines is 2. The molecule has 0 saturated heterocycles. The van der Waals surface area contributed by atoms with Crippen molar-refractivity contribution in [2.45, 2.75) is 18.7 Å². The van der Waals surface area contributed by atoms with Crippen molar-refractivity contribution in [3.8, 4) is 6.07 Å². The van der Waals surface area contributed by atoms with Crippen LogP contribution in [0.3, 0.4) is 0 Å². The lowest BCUT2D eigenvalue weighted by Crippen LogP contribution is -2.16. The number of hydrogen-bond acceptors (Lipinski definition) is 5. The van der Waals surface area contributed by atoms with Gasteiger partial charge in [0.1, 0.15) is 16.0 Å². The standard InChI is InChI=1S/C13H13N3O2S2/c1-8-3-4-9(2)12(11(8)15)20(17,18)16-13-10(7-14)5-6-19-13/h3-6,16H,15H2,1-2H3. The van der Waals surface area contributed by atoms with E-state index in [4.69, 9.17) is 11.0 Å². The zero-order valence-corrected chi connectivity index (χ0v) is 12.6. The van der Waals surface area contributed by atoms with Gasteiger partial charge in [-0.25, -0.2) is 8.42 Å². The summed E-state index contributed by atoms with van der Waals surface area (Å²) in [5, 5.41) is 10.9. The molecule has 3 N–H and O–H groups in total. The second-order valence-corrected chi connectivity index (χ2v) is 6.86. The van der Waals surface area contributed by atoms with Gasteiger partial charge in [0.25, 0.3) is 10.0 Å². The molecular formula is C13H13N3O2S2. The van der Waals surface area contributed by atoms with E-state index in [0.29, 0.717) is 21.7 Å². The molecule has 2 rings (SSSR count). The molecule has 0 bridgehead atoms. The van der Waals surface area contributed by atoms with E-state index in [1.54, 1.807) is 37.4 Å². The first kappa shape index (κ1) is 14.4. The third-order valence-corrected chi connectivity index (χ3v) is 5.40. The number of sulfonamides is 1. The third kappa shape index (κ3) is 2.48. The van der Waals surface area contributed by atoms with Crippen LogP contribution in [0.1, 0.15) is 16.7 Å². The molecule has 20 heavy (non-hydrogen) atoms. The van der Waals surface area contributed by atoms with Crippen LogP contribution in [0.2, 0.25) is 0 Å². The molecule has 0 unspecified atom stereocenters. The molecule has 0 amide bonds. The fraction of sp³-hybridized carbons (Fsp3) is 0.154. The summed E-state index contributed by atoms with van der Waals surface area (Å²) in [4.78, 5) is 0.0646. The van der Waals surface area contributed by atoms with Crippen LogP contribution in [0.4, 0.5) is 10.7 Å². The third-order valence-electron chi connectivity index (χ3n) is 2.89. The predicted molar refractivity (Wildman–Crippen MR) is 80.2 cm³/mol. The quantitative estimate of drug-likeness (QED) is 0.852. The number of nitrogens with one attached hydrogen (secondary N) is 1. The lowest BCUT2D eigenvalue weighted by Gasteiger charge is -2.13. The first-order chi connectivity index (χ1) is 9.36. The molecule has 0 aliphatic rings. The van der Waals surface area contributed by atoms with Crippen LogP contribution in [-0.4, -0.2) is 8.42 Å². The van der Waals surface area contributed by atoms with Crippen LogP contribution in [0, 0.1) is 25.2 Å². The van der Waals surface area contributed by atoms with E-state index in [-0.39, 0.29) is 10.6 Å². The highest BCUT2D eigenvalue weighted by molar-refractivity contribution is 7.93. The first-order valence-corrected chi connectivity index (χ1v) is 8.09. The lowest BCUT2D eigenvalue weighted by atomic mass is 10.1. The summed E-state index contributed by atoms with van der Waals surface area (Å²) in [6, 6.07) is 6.99. The summed E-state index contributed by atoms with van der Waals surface area (Å²) in [5.74, 6) is 0. The minimum absolute atomic E-state index is 0.0646. The van der Waals surface area contributed by atoms with E-state index in [2.05, 4.69) is 4.72 Å². The van der Waals surface area contributed by atoms with Gasteiger partial charge in [-0.15, -0.1) is 11.3 Å². The lowest BCUT2D eigenvalue weighted by molar-refractivity contribution is 0.601.